The molecule has 0 unspecified atom stereocenters. The first kappa shape index (κ1) is 13.7. The molecule has 104 valence electrons. The number of methoxy groups -OCH3 is 1. The van der Waals surface area contributed by atoms with Gasteiger partial charge in [-0.2, -0.15) is 0 Å². The highest BCUT2D eigenvalue weighted by Crippen LogP contribution is 2.22. The molecule has 0 atom stereocenters. The Kier molecular flexibility index (Phi) is 3.76. The zero-order valence-corrected chi connectivity index (χ0v) is 10.6. The summed E-state index contributed by atoms with van der Waals surface area (Å²) >= 11 is 0. The van der Waals surface area contributed by atoms with Gasteiger partial charge in [-0.15, -0.1) is 0 Å². The van der Waals surface area contributed by atoms with Crippen molar-refractivity contribution in [3.63, 3.8) is 0 Å². The van der Waals surface area contributed by atoms with Gasteiger partial charge in [0.2, 0.25) is 0 Å². The van der Waals surface area contributed by atoms with E-state index in [-0.39, 0.29) is 22.9 Å². The van der Waals surface area contributed by atoms with Gasteiger partial charge in [-0.05, 0) is 18.2 Å². The van der Waals surface area contributed by atoms with E-state index in [1.807, 2.05) is 0 Å². The van der Waals surface area contributed by atoms with Gasteiger partial charge in [0.15, 0.2) is 11.6 Å². The van der Waals surface area contributed by atoms with Crippen molar-refractivity contribution in [3.05, 3.63) is 35.8 Å². The molecule has 5 N–H and O–H groups in total. The van der Waals surface area contributed by atoms with Crippen molar-refractivity contribution in [2.75, 3.05) is 18.3 Å². The van der Waals surface area contributed by atoms with E-state index >= 15 is 0 Å². The Hall–Kier alpha value is -2.74. The van der Waals surface area contributed by atoms with E-state index in [1.54, 1.807) is 0 Å². The fraction of sp³-hybridized carbons (Fsp3) is 0.0833. The fourth-order valence-corrected chi connectivity index (χ4v) is 1.58. The molecule has 0 spiro atoms. The van der Waals surface area contributed by atoms with Gasteiger partial charge < -0.3 is 15.9 Å². The van der Waals surface area contributed by atoms with E-state index < -0.39 is 11.8 Å². The van der Waals surface area contributed by atoms with Gasteiger partial charge in [0.1, 0.15) is 5.82 Å². The number of aromatic nitrogens is 2. The number of nitrogens with one attached hydrogen (secondary N) is 1. The molecule has 2 rings (SSSR count). The molecule has 1 aromatic heterocycles. The fourth-order valence-electron chi connectivity index (χ4n) is 1.58. The van der Waals surface area contributed by atoms with E-state index in [2.05, 4.69) is 20.1 Å². The lowest BCUT2D eigenvalue weighted by Crippen LogP contribution is -2.12. The summed E-state index contributed by atoms with van der Waals surface area (Å²) in [5.41, 5.74) is 8.43. The zero-order chi connectivity index (χ0) is 14.7. The molecule has 1 aromatic carbocycles. The Morgan fingerprint density at radius 1 is 1.45 bits per heavy atom. The summed E-state index contributed by atoms with van der Waals surface area (Å²) in [7, 11) is 1.17. The molecule has 1 heterocycles. The number of rotatable bonds is 3. The molecule has 0 aliphatic heterocycles. The lowest BCUT2D eigenvalue weighted by Gasteiger charge is -2.07. The van der Waals surface area contributed by atoms with Crippen LogP contribution in [0.25, 0.3) is 11.4 Å². The molecule has 2 aromatic rings. The monoisotopic (exact) mass is 277 g/mol. The van der Waals surface area contributed by atoms with E-state index in [0.29, 0.717) is 5.56 Å². The second kappa shape index (κ2) is 5.49. The summed E-state index contributed by atoms with van der Waals surface area (Å²) in [4.78, 5) is 19.5. The first-order chi connectivity index (χ1) is 9.56. The number of nitrogen functional groups attached to an aromatic ring is 2. The standard InChI is InChI=1S/C12H12FN5O2/c1-20-12(19)7-4-6(2-3-8(7)13)10-16-5-9(14)11(17-10)18-15/h2-5H,14-15H2,1H3,(H,16,17,18). The number of anilines is 2. The highest BCUT2D eigenvalue weighted by molar-refractivity contribution is 5.91. The predicted molar refractivity (Wildman–Crippen MR) is 71.0 cm³/mol. The maximum atomic E-state index is 13.5. The van der Waals surface area contributed by atoms with Gasteiger partial charge >= 0.3 is 5.97 Å². The topological polar surface area (TPSA) is 116 Å². The largest absolute Gasteiger partial charge is 0.465 e. The third kappa shape index (κ3) is 2.50. The zero-order valence-electron chi connectivity index (χ0n) is 10.6. The molecule has 0 amide bonds. The van der Waals surface area contributed by atoms with Gasteiger partial charge in [0, 0.05) is 5.56 Å². The van der Waals surface area contributed by atoms with Crippen LogP contribution in [0.2, 0.25) is 0 Å². The van der Waals surface area contributed by atoms with Crippen molar-refractivity contribution in [3.8, 4) is 11.4 Å². The summed E-state index contributed by atoms with van der Waals surface area (Å²) in [6.45, 7) is 0. The van der Waals surface area contributed by atoms with Crippen molar-refractivity contribution in [1.29, 1.82) is 0 Å². The molecule has 0 saturated carbocycles. The molecule has 0 radical (unpaired) electrons. The summed E-state index contributed by atoms with van der Waals surface area (Å²) in [5, 5.41) is 0. The van der Waals surface area contributed by atoms with Crippen LogP contribution in [-0.2, 0) is 4.74 Å². The number of nitrogens with zero attached hydrogens (tertiary/aromatic N) is 2. The van der Waals surface area contributed by atoms with E-state index in [0.717, 1.165) is 6.07 Å². The molecule has 0 aliphatic rings. The Morgan fingerprint density at radius 2 is 2.20 bits per heavy atom. The van der Waals surface area contributed by atoms with Crippen molar-refractivity contribution < 1.29 is 13.9 Å². The number of hydrogen-bond acceptors (Lipinski definition) is 7. The summed E-state index contributed by atoms with van der Waals surface area (Å²) in [5.74, 6) is 4.28. The van der Waals surface area contributed by atoms with Crippen LogP contribution >= 0.6 is 0 Å². The van der Waals surface area contributed by atoms with Gasteiger partial charge in [-0.1, -0.05) is 0 Å². The number of ether oxygens (including phenoxy) is 1. The second-order valence-electron chi connectivity index (χ2n) is 3.83. The van der Waals surface area contributed by atoms with Crippen molar-refractivity contribution in [2.45, 2.75) is 0 Å². The van der Waals surface area contributed by atoms with Crippen molar-refractivity contribution in [1.82, 2.24) is 9.97 Å². The van der Waals surface area contributed by atoms with Crippen LogP contribution in [0.1, 0.15) is 10.4 Å². The second-order valence-corrected chi connectivity index (χ2v) is 3.83. The maximum absolute atomic E-state index is 13.5. The third-order valence-corrected chi connectivity index (χ3v) is 2.58. The van der Waals surface area contributed by atoms with E-state index in [4.69, 9.17) is 11.6 Å². The average Bonchev–Trinajstić information content (AvgIpc) is 2.47. The molecule has 0 fully saturated rings. The first-order valence-electron chi connectivity index (χ1n) is 5.54. The number of carbonyl (C=O) groups excluding carboxylic acids is 1. The summed E-state index contributed by atoms with van der Waals surface area (Å²) < 4.78 is 18.0. The van der Waals surface area contributed by atoms with Crippen LogP contribution in [0.3, 0.4) is 0 Å². The normalized spacial score (nSPS) is 10.2. The maximum Gasteiger partial charge on any atom is 0.340 e. The lowest BCUT2D eigenvalue weighted by molar-refractivity contribution is 0.0595. The van der Waals surface area contributed by atoms with Crippen molar-refractivity contribution >= 4 is 17.5 Å². The van der Waals surface area contributed by atoms with Crippen LogP contribution in [-0.4, -0.2) is 23.0 Å². The molecule has 7 nitrogen and oxygen atoms in total. The van der Waals surface area contributed by atoms with Gasteiger partial charge in [0.05, 0.1) is 24.6 Å². The Labute approximate surface area is 113 Å². The number of carbonyl (C=O) groups is 1. The smallest absolute Gasteiger partial charge is 0.340 e. The molecular formula is C12H12FN5O2. The average molecular weight is 277 g/mol. The Morgan fingerprint density at radius 3 is 2.85 bits per heavy atom. The number of benzene rings is 1. The van der Waals surface area contributed by atoms with Crippen molar-refractivity contribution in [2.24, 2.45) is 5.84 Å². The summed E-state index contributed by atoms with van der Waals surface area (Å²) in [6, 6.07) is 3.87. The number of hydrazine groups is 1. The molecule has 0 aliphatic carbocycles. The lowest BCUT2D eigenvalue weighted by atomic mass is 10.1. The van der Waals surface area contributed by atoms with Gasteiger partial charge in [-0.25, -0.2) is 25.0 Å². The van der Waals surface area contributed by atoms with E-state index in [1.165, 1.54) is 25.4 Å². The molecule has 0 saturated heterocycles. The molecule has 0 bridgehead atoms. The molecule has 8 heteroatoms. The van der Waals surface area contributed by atoms with Gasteiger partial charge in [-0.3, -0.25) is 0 Å². The number of nitrogens with two attached hydrogens (primary N) is 2. The highest BCUT2D eigenvalue weighted by atomic mass is 19.1. The Balaban J connectivity index is 2.50. The van der Waals surface area contributed by atoms with Crippen LogP contribution in [0.4, 0.5) is 15.9 Å². The number of esters is 1. The van der Waals surface area contributed by atoms with E-state index in [9.17, 15) is 9.18 Å². The Bertz CT molecular complexity index is 662. The van der Waals surface area contributed by atoms with Crippen LogP contribution < -0.4 is 17.0 Å². The van der Waals surface area contributed by atoms with Crippen LogP contribution in [0.5, 0.6) is 0 Å². The minimum atomic E-state index is -0.781. The minimum Gasteiger partial charge on any atom is -0.465 e. The third-order valence-electron chi connectivity index (χ3n) is 2.58. The number of halogens is 1. The quantitative estimate of drug-likeness (QED) is 0.434. The van der Waals surface area contributed by atoms with Gasteiger partial charge in [0.25, 0.3) is 0 Å². The van der Waals surface area contributed by atoms with Crippen LogP contribution in [0.15, 0.2) is 24.4 Å². The first-order valence-corrected chi connectivity index (χ1v) is 5.54. The highest BCUT2D eigenvalue weighted by Gasteiger charge is 2.15. The van der Waals surface area contributed by atoms with Crippen LogP contribution in [0, 0.1) is 5.82 Å². The summed E-state index contributed by atoms with van der Waals surface area (Å²) in [6.07, 6.45) is 1.36. The molecule has 20 heavy (non-hydrogen) atoms. The number of hydrogen-bond donors (Lipinski definition) is 3. The SMILES string of the molecule is COC(=O)c1cc(-c2ncc(N)c(NN)n2)ccc1F. The minimum absolute atomic E-state index is 0.201. The predicted octanol–water partition coefficient (Wildman–Crippen LogP) is 0.937. The molecular weight excluding hydrogens is 265 g/mol.